The topological polar surface area (TPSA) is 65.6 Å². The summed E-state index contributed by atoms with van der Waals surface area (Å²) in [6.45, 7) is 6.30. The van der Waals surface area contributed by atoms with Crippen LogP contribution in [0.25, 0.3) is 10.9 Å². The van der Waals surface area contributed by atoms with Crippen molar-refractivity contribution in [2.75, 3.05) is 7.11 Å². The minimum atomic E-state index is -0.516. The van der Waals surface area contributed by atoms with E-state index in [-0.39, 0.29) is 23.9 Å². The average Bonchev–Trinajstić information content (AvgIpc) is 3.05. The fourth-order valence-electron chi connectivity index (χ4n) is 5.26. The van der Waals surface area contributed by atoms with Crippen LogP contribution in [0, 0.1) is 6.92 Å². The number of aromatic amines is 1. The number of piperidine rings is 2. The van der Waals surface area contributed by atoms with Gasteiger partial charge in [0, 0.05) is 41.2 Å². The molecule has 2 atom stereocenters. The van der Waals surface area contributed by atoms with Crippen molar-refractivity contribution in [3.63, 3.8) is 0 Å². The van der Waals surface area contributed by atoms with E-state index in [9.17, 15) is 9.90 Å². The van der Waals surface area contributed by atoms with Crippen molar-refractivity contribution in [3.05, 3.63) is 29.5 Å². The molecule has 1 aromatic carbocycles. The highest BCUT2D eigenvalue weighted by atomic mass is 16.5. The van der Waals surface area contributed by atoms with Gasteiger partial charge in [0.05, 0.1) is 12.7 Å². The number of benzene rings is 1. The molecule has 5 nitrogen and oxygen atoms in total. The van der Waals surface area contributed by atoms with Crippen LogP contribution in [0.2, 0.25) is 0 Å². The average molecular weight is 370 g/mol. The van der Waals surface area contributed by atoms with Crippen molar-refractivity contribution in [1.82, 2.24) is 9.88 Å². The maximum absolute atomic E-state index is 13.2. The fourth-order valence-corrected chi connectivity index (χ4v) is 5.26. The number of carbonyl (C=O) groups excluding carboxylic acids is 1. The molecule has 2 saturated heterocycles. The number of hydrogen-bond acceptors (Lipinski definition) is 3. The number of ether oxygens (including phenoxy) is 1. The van der Waals surface area contributed by atoms with Gasteiger partial charge in [-0.1, -0.05) is 13.8 Å². The molecule has 3 heterocycles. The van der Waals surface area contributed by atoms with E-state index in [0.717, 1.165) is 42.5 Å². The third-order valence-corrected chi connectivity index (χ3v) is 6.71. The number of hydrogen-bond donors (Lipinski definition) is 2. The van der Waals surface area contributed by atoms with Gasteiger partial charge in [-0.05, 0) is 56.2 Å². The highest BCUT2D eigenvalue weighted by molar-refractivity contribution is 5.89. The Morgan fingerprint density at radius 2 is 2.15 bits per heavy atom. The minimum absolute atomic E-state index is 0.121. The van der Waals surface area contributed by atoms with Gasteiger partial charge in [-0.3, -0.25) is 4.79 Å². The summed E-state index contributed by atoms with van der Waals surface area (Å²) in [5.74, 6) is 1.21. The predicted octanol–water partition coefficient (Wildman–Crippen LogP) is 3.88. The number of carbonyl (C=O) groups is 1. The van der Waals surface area contributed by atoms with E-state index in [2.05, 4.69) is 30.7 Å². The first-order chi connectivity index (χ1) is 12.9. The van der Waals surface area contributed by atoms with Crippen LogP contribution in [0.15, 0.2) is 18.3 Å². The lowest BCUT2D eigenvalue weighted by atomic mass is 9.66. The zero-order valence-electron chi connectivity index (χ0n) is 16.7. The second kappa shape index (κ2) is 6.55. The Labute approximate surface area is 160 Å². The number of H-pyrrole nitrogens is 1. The molecule has 2 bridgehead atoms. The molecule has 1 saturated carbocycles. The summed E-state index contributed by atoms with van der Waals surface area (Å²) in [6, 6.07) is 4.40. The molecule has 3 fully saturated rings. The number of aliphatic hydroxyl groups is 1. The number of fused-ring (bicyclic) bond motifs is 3. The van der Waals surface area contributed by atoms with Crippen molar-refractivity contribution in [2.24, 2.45) is 0 Å². The van der Waals surface area contributed by atoms with E-state index < -0.39 is 5.60 Å². The molecule has 2 aromatic rings. The van der Waals surface area contributed by atoms with Gasteiger partial charge in [-0.15, -0.1) is 0 Å². The Kier molecular flexibility index (Phi) is 4.46. The summed E-state index contributed by atoms with van der Waals surface area (Å²) < 4.78 is 5.48. The van der Waals surface area contributed by atoms with Crippen LogP contribution in [0.1, 0.15) is 63.0 Å². The van der Waals surface area contributed by atoms with Crippen molar-refractivity contribution in [2.45, 2.75) is 76.5 Å². The molecule has 1 amide bonds. The highest BCUT2D eigenvalue weighted by Crippen LogP contribution is 2.47. The van der Waals surface area contributed by atoms with Crippen LogP contribution in [-0.4, -0.2) is 45.7 Å². The lowest BCUT2D eigenvalue weighted by Crippen LogP contribution is -2.67. The second-order valence-corrected chi connectivity index (χ2v) is 8.52. The number of nitrogens with zero attached hydrogens (tertiary/aromatic N) is 1. The molecule has 5 heteroatoms. The first-order valence-corrected chi connectivity index (χ1v) is 10.0. The van der Waals surface area contributed by atoms with E-state index >= 15 is 0 Å². The number of nitrogens with one attached hydrogen (secondary N) is 1. The number of rotatable bonds is 5. The van der Waals surface area contributed by atoms with Crippen molar-refractivity contribution < 1.29 is 14.6 Å². The van der Waals surface area contributed by atoms with E-state index in [4.69, 9.17) is 4.74 Å². The quantitative estimate of drug-likeness (QED) is 0.839. The second-order valence-electron chi connectivity index (χ2n) is 8.52. The lowest BCUT2D eigenvalue weighted by molar-refractivity contribution is -0.178. The smallest absolute Gasteiger partial charge is 0.223 e. The first kappa shape index (κ1) is 18.4. The van der Waals surface area contributed by atoms with E-state index in [0.29, 0.717) is 6.42 Å². The van der Waals surface area contributed by atoms with Crippen molar-refractivity contribution >= 4 is 16.8 Å². The van der Waals surface area contributed by atoms with Crippen LogP contribution in [0.5, 0.6) is 5.75 Å². The van der Waals surface area contributed by atoms with Gasteiger partial charge in [0.2, 0.25) is 5.91 Å². The summed E-state index contributed by atoms with van der Waals surface area (Å²) in [5.41, 5.74) is 2.85. The Balaban J connectivity index is 1.56. The van der Waals surface area contributed by atoms with E-state index in [1.807, 2.05) is 18.3 Å². The zero-order valence-corrected chi connectivity index (χ0v) is 16.7. The van der Waals surface area contributed by atoms with Gasteiger partial charge in [0.25, 0.3) is 0 Å². The van der Waals surface area contributed by atoms with Gasteiger partial charge in [-0.25, -0.2) is 0 Å². The van der Waals surface area contributed by atoms with Crippen LogP contribution in [0.3, 0.4) is 0 Å². The fraction of sp³-hybridized carbons (Fsp3) is 0.591. The molecular weight excluding hydrogens is 340 g/mol. The summed E-state index contributed by atoms with van der Waals surface area (Å²) >= 11 is 0. The molecule has 5 rings (SSSR count). The maximum Gasteiger partial charge on any atom is 0.223 e. The molecule has 0 radical (unpaired) electrons. The largest absolute Gasteiger partial charge is 0.496 e. The molecule has 1 aliphatic carbocycles. The van der Waals surface area contributed by atoms with Crippen LogP contribution in [0.4, 0.5) is 0 Å². The molecular formula is C22H30N2O3. The van der Waals surface area contributed by atoms with Crippen LogP contribution >= 0.6 is 0 Å². The Bertz CT molecular complexity index is 866. The van der Waals surface area contributed by atoms with Gasteiger partial charge >= 0.3 is 0 Å². The van der Waals surface area contributed by atoms with Gasteiger partial charge < -0.3 is 19.7 Å². The van der Waals surface area contributed by atoms with Gasteiger partial charge in [0.15, 0.2) is 0 Å². The zero-order chi connectivity index (χ0) is 19.3. The number of methoxy groups -OCH3 is 1. The number of aryl methyl sites for hydroxylation is 1. The standard InChI is InChI=1S/C22H30N2O3/c1-5-15-9-22(26)10-16(11-22)24(15)20(25)8-13(2)17-12-23-18-6-7-19(27-4)14(3)21(17)18/h6-7,12-13,15-16,23,26H,5,8-11H2,1-4H3. The Hall–Kier alpha value is -2.01. The molecule has 0 spiro atoms. The molecule has 27 heavy (non-hydrogen) atoms. The SMILES string of the molecule is CCC1CC2(O)CC(C2)N1C(=O)CC(C)c1c[nH]c2ccc(OC)c(C)c12. The minimum Gasteiger partial charge on any atom is -0.496 e. The Morgan fingerprint density at radius 1 is 1.41 bits per heavy atom. The third kappa shape index (κ3) is 2.92. The van der Waals surface area contributed by atoms with E-state index in [1.165, 1.54) is 10.9 Å². The van der Waals surface area contributed by atoms with E-state index in [1.54, 1.807) is 7.11 Å². The summed E-state index contributed by atoms with van der Waals surface area (Å²) in [4.78, 5) is 18.6. The molecule has 146 valence electrons. The monoisotopic (exact) mass is 370 g/mol. The summed E-state index contributed by atoms with van der Waals surface area (Å²) in [6.07, 6.45) is 5.64. The van der Waals surface area contributed by atoms with Crippen LogP contribution < -0.4 is 4.74 Å². The highest BCUT2D eigenvalue weighted by Gasteiger charge is 2.54. The summed E-state index contributed by atoms with van der Waals surface area (Å²) in [5, 5.41) is 11.6. The maximum atomic E-state index is 13.2. The predicted molar refractivity (Wildman–Crippen MR) is 106 cm³/mol. The molecule has 1 aromatic heterocycles. The van der Waals surface area contributed by atoms with Crippen LogP contribution in [-0.2, 0) is 4.79 Å². The number of amides is 1. The Morgan fingerprint density at radius 3 is 2.81 bits per heavy atom. The van der Waals surface area contributed by atoms with Gasteiger partial charge in [0.1, 0.15) is 5.75 Å². The lowest BCUT2D eigenvalue weighted by Gasteiger charge is -2.58. The summed E-state index contributed by atoms with van der Waals surface area (Å²) in [7, 11) is 1.69. The van der Waals surface area contributed by atoms with Crippen molar-refractivity contribution in [3.8, 4) is 5.75 Å². The third-order valence-electron chi connectivity index (χ3n) is 6.71. The molecule has 3 aliphatic rings. The molecule has 2 unspecified atom stereocenters. The number of aromatic nitrogens is 1. The van der Waals surface area contributed by atoms with Gasteiger partial charge in [-0.2, -0.15) is 0 Å². The molecule has 2 aliphatic heterocycles. The normalized spacial score (nSPS) is 28.1. The first-order valence-electron chi connectivity index (χ1n) is 10.0. The molecule has 2 N–H and O–H groups in total. The van der Waals surface area contributed by atoms with Crippen molar-refractivity contribution in [1.29, 1.82) is 0 Å².